The summed E-state index contributed by atoms with van der Waals surface area (Å²) in [7, 11) is 0. The standard InChI is InChI=1S/C13H17ClN2/c1-2-16-12-8-10(14)4-5-11(12)15-9-13(16)6-3-7-13/h4-5,8,15H,2-3,6-7,9H2,1H3. The molecule has 0 atom stereocenters. The maximum atomic E-state index is 6.10. The first-order valence-corrected chi connectivity index (χ1v) is 6.44. The number of nitrogens with one attached hydrogen (secondary N) is 1. The van der Waals surface area contributed by atoms with Crippen molar-refractivity contribution >= 4 is 23.0 Å². The Morgan fingerprint density at radius 3 is 2.88 bits per heavy atom. The average Bonchev–Trinajstić information content (AvgIpc) is 2.25. The molecule has 1 saturated carbocycles. The zero-order chi connectivity index (χ0) is 11.2. The summed E-state index contributed by atoms with van der Waals surface area (Å²) in [4.78, 5) is 2.54. The van der Waals surface area contributed by atoms with Crippen molar-refractivity contribution in [1.29, 1.82) is 0 Å². The van der Waals surface area contributed by atoms with Crippen molar-refractivity contribution in [3.05, 3.63) is 23.2 Å². The lowest BCUT2D eigenvalue weighted by Crippen LogP contribution is -2.60. The topological polar surface area (TPSA) is 15.3 Å². The number of fused-ring (bicyclic) bond motifs is 1. The first-order valence-electron chi connectivity index (χ1n) is 6.06. The molecule has 3 rings (SSSR count). The number of nitrogens with zero attached hydrogens (tertiary/aromatic N) is 1. The maximum Gasteiger partial charge on any atom is 0.0622 e. The van der Waals surface area contributed by atoms with Gasteiger partial charge < -0.3 is 10.2 Å². The third-order valence-corrected chi connectivity index (χ3v) is 4.27. The van der Waals surface area contributed by atoms with Gasteiger partial charge in [0.15, 0.2) is 0 Å². The molecule has 2 nitrogen and oxygen atoms in total. The SMILES string of the molecule is CCN1c2cc(Cl)ccc2NCC12CCC2. The molecule has 2 aliphatic rings. The van der Waals surface area contributed by atoms with Gasteiger partial charge >= 0.3 is 0 Å². The Balaban J connectivity index is 2.05. The molecule has 0 unspecified atom stereocenters. The molecular weight excluding hydrogens is 220 g/mol. The van der Waals surface area contributed by atoms with E-state index in [0.29, 0.717) is 5.54 Å². The summed E-state index contributed by atoms with van der Waals surface area (Å²) in [6, 6.07) is 6.14. The van der Waals surface area contributed by atoms with E-state index in [1.54, 1.807) is 0 Å². The Labute approximate surface area is 102 Å². The van der Waals surface area contributed by atoms with Gasteiger partial charge in [-0.1, -0.05) is 11.6 Å². The average molecular weight is 237 g/mol. The molecule has 1 spiro atoms. The molecule has 1 N–H and O–H groups in total. The highest BCUT2D eigenvalue weighted by atomic mass is 35.5. The molecule has 0 saturated heterocycles. The van der Waals surface area contributed by atoms with Crippen molar-refractivity contribution in [3.8, 4) is 0 Å². The van der Waals surface area contributed by atoms with Crippen LogP contribution in [-0.4, -0.2) is 18.6 Å². The molecule has 3 heteroatoms. The van der Waals surface area contributed by atoms with Gasteiger partial charge in [-0.3, -0.25) is 0 Å². The van der Waals surface area contributed by atoms with Crippen LogP contribution in [0.1, 0.15) is 26.2 Å². The van der Waals surface area contributed by atoms with Crippen molar-refractivity contribution in [3.63, 3.8) is 0 Å². The van der Waals surface area contributed by atoms with Gasteiger partial charge in [0.1, 0.15) is 0 Å². The quantitative estimate of drug-likeness (QED) is 0.803. The molecule has 1 aromatic carbocycles. The molecule has 0 aromatic heterocycles. The molecule has 1 aromatic rings. The summed E-state index contributed by atoms with van der Waals surface area (Å²) < 4.78 is 0. The van der Waals surface area contributed by atoms with Crippen molar-refractivity contribution < 1.29 is 0 Å². The van der Waals surface area contributed by atoms with Crippen LogP contribution < -0.4 is 10.2 Å². The fourth-order valence-corrected chi connectivity index (χ4v) is 3.19. The molecule has 86 valence electrons. The van der Waals surface area contributed by atoms with E-state index in [-0.39, 0.29) is 0 Å². The third-order valence-electron chi connectivity index (χ3n) is 4.03. The number of halogens is 1. The minimum absolute atomic E-state index is 0.367. The second kappa shape index (κ2) is 3.56. The van der Waals surface area contributed by atoms with Crippen LogP contribution in [0.3, 0.4) is 0 Å². The van der Waals surface area contributed by atoms with E-state index in [4.69, 9.17) is 11.6 Å². The van der Waals surface area contributed by atoms with Crippen LogP contribution in [0.5, 0.6) is 0 Å². The largest absolute Gasteiger partial charge is 0.381 e. The molecule has 1 fully saturated rings. The fraction of sp³-hybridized carbons (Fsp3) is 0.538. The van der Waals surface area contributed by atoms with Gasteiger partial charge in [0.25, 0.3) is 0 Å². The Morgan fingerprint density at radius 2 is 2.25 bits per heavy atom. The van der Waals surface area contributed by atoms with E-state index in [0.717, 1.165) is 18.1 Å². The number of hydrogen-bond acceptors (Lipinski definition) is 2. The van der Waals surface area contributed by atoms with Crippen LogP contribution >= 0.6 is 11.6 Å². The summed E-state index contributed by atoms with van der Waals surface area (Å²) in [5.41, 5.74) is 2.87. The van der Waals surface area contributed by atoms with Gasteiger partial charge in [0.05, 0.1) is 16.9 Å². The lowest BCUT2D eigenvalue weighted by atomic mass is 9.73. The highest BCUT2D eigenvalue weighted by Gasteiger charge is 2.44. The number of anilines is 2. The molecule has 0 bridgehead atoms. The Kier molecular flexibility index (Phi) is 2.28. The number of hydrogen-bond donors (Lipinski definition) is 1. The number of benzene rings is 1. The Bertz CT molecular complexity index is 412. The minimum Gasteiger partial charge on any atom is -0.381 e. The summed E-state index contributed by atoms with van der Waals surface area (Å²) in [6.07, 6.45) is 3.97. The molecule has 1 heterocycles. The zero-order valence-electron chi connectivity index (χ0n) is 9.59. The van der Waals surface area contributed by atoms with Crippen molar-refractivity contribution in [2.75, 3.05) is 23.3 Å². The Morgan fingerprint density at radius 1 is 1.44 bits per heavy atom. The molecule has 16 heavy (non-hydrogen) atoms. The van der Waals surface area contributed by atoms with E-state index >= 15 is 0 Å². The van der Waals surface area contributed by atoms with E-state index in [9.17, 15) is 0 Å². The smallest absolute Gasteiger partial charge is 0.0622 e. The molecular formula is C13H17ClN2. The predicted octanol–water partition coefficient (Wildman–Crippen LogP) is 3.51. The van der Waals surface area contributed by atoms with Crippen molar-refractivity contribution in [1.82, 2.24) is 0 Å². The normalized spacial score (nSPS) is 21.2. The lowest BCUT2D eigenvalue weighted by Gasteiger charge is -2.54. The van der Waals surface area contributed by atoms with Gasteiger partial charge in [-0.25, -0.2) is 0 Å². The summed E-state index contributed by atoms with van der Waals surface area (Å²) >= 11 is 6.10. The minimum atomic E-state index is 0.367. The highest BCUT2D eigenvalue weighted by molar-refractivity contribution is 6.31. The zero-order valence-corrected chi connectivity index (χ0v) is 10.3. The maximum absolute atomic E-state index is 6.10. The molecule has 1 aliphatic heterocycles. The van der Waals surface area contributed by atoms with E-state index < -0.39 is 0 Å². The van der Waals surface area contributed by atoms with Gasteiger partial charge in [-0.05, 0) is 44.4 Å². The van der Waals surface area contributed by atoms with Gasteiger partial charge in [0, 0.05) is 18.1 Å². The molecule has 1 aliphatic carbocycles. The predicted molar refractivity (Wildman–Crippen MR) is 69.5 cm³/mol. The van der Waals surface area contributed by atoms with Crippen LogP contribution in [0.25, 0.3) is 0 Å². The van der Waals surface area contributed by atoms with Crippen LogP contribution in [0.4, 0.5) is 11.4 Å². The van der Waals surface area contributed by atoms with Crippen molar-refractivity contribution in [2.45, 2.75) is 31.7 Å². The second-order valence-corrected chi connectivity index (χ2v) is 5.27. The van der Waals surface area contributed by atoms with Crippen molar-refractivity contribution in [2.24, 2.45) is 0 Å². The van der Waals surface area contributed by atoms with Crippen LogP contribution in [0, 0.1) is 0 Å². The Hall–Kier alpha value is -0.890. The van der Waals surface area contributed by atoms with Crippen LogP contribution in [0.2, 0.25) is 5.02 Å². The molecule has 0 radical (unpaired) electrons. The van der Waals surface area contributed by atoms with E-state index in [2.05, 4.69) is 29.3 Å². The monoisotopic (exact) mass is 236 g/mol. The summed E-state index contributed by atoms with van der Waals surface area (Å²) in [6.45, 7) is 4.38. The third kappa shape index (κ3) is 1.32. The van der Waals surface area contributed by atoms with Crippen LogP contribution in [0.15, 0.2) is 18.2 Å². The first-order chi connectivity index (χ1) is 7.75. The second-order valence-electron chi connectivity index (χ2n) is 4.84. The van der Waals surface area contributed by atoms with E-state index in [1.807, 2.05) is 6.07 Å². The lowest BCUT2D eigenvalue weighted by molar-refractivity contribution is 0.240. The fourth-order valence-electron chi connectivity index (χ4n) is 3.03. The van der Waals surface area contributed by atoms with Gasteiger partial charge in [0.2, 0.25) is 0 Å². The summed E-state index contributed by atoms with van der Waals surface area (Å²) in [5, 5.41) is 4.38. The number of rotatable bonds is 1. The summed E-state index contributed by atoms with van der Waals surface area (Å²) in [5.74, 6) is 0. The number of likely N-dealkylation sites (N-methyl/N-ethyl adjacent to an activating group) is 1. The van der Waals surface area contributed by atoms with Crippen LogP contribution in [-0.2, 0) is 0 Å². The van der Waals surface area contributed by atoms with E-state index in [1.165, 1.54) is 30.6 Å². The van der Waals surface area contributed by atoms with Gasteiger partial charge in [-0.2, -0.15) is 0 Å². The highest BCUT2D eigenvalue weighted by Crippen LogP contribution is 2.46. The molecule has 0 amide bonds. The first kappa shape index (κ1) is 10.3. The van der Waals surface area contributed by atoms with Gasteiger partial charge in [-0.15, -0.1) is 0 Å².